The fourth-order valence-electron chi connectivity index (χ4n) is 2.54. The van der Waals surface area contributed by atoms with Gasteiger partial charge in [-0.15, -0.1) is 0 Å². The molecule has 0 unspecified atom stereocenters. The molecule has 0 saturated carbocycles. The topological polar surface area (TPSA) is 41.8 Å². The molecule has 0 spiro atoms. The summed E-state index contributed by atoms with van der Waals surface area (Å²) in [4.78, 5) is 7.87. The molecule has 0 fully saturated rings. The van der Waals surface area contributed by atoms with Gasteiger partial charge in [-0.25, -0.2) is 4.98 Å². The zero-order valence-corrected chi connectivity index (χ0v) is 11.4. The number of aryl methyl sites for hydroxylation is 2. The van der Waals surface area contributed by atoms with Crippen molar-refractivity contribution in [3.63, 3.8) is 0 Å². The van der Waals surface area contributed by atoms with E-state index < -0.39 is 0 Å². The SMILES string of the molecule is Cc1cc2nc(-c3c[nH]c4ccccc34)oc2cc1C. The monoisotopic (exact) mass is 262 g/mol. The Balaban J connectivity index is 1.98. The quantitative estimate of drug-likeness (QED) is 0.545. The zero-order valence-electron chi connectivity index (χ0n) is 11.4. The van der Waals surface area contributed by atoms with Crippen molar-refractivity contribution in [1.82, 2.24) is 9.97 Å². The molecule has 98 valence electrons. The molecule has 2 aromatic carbocycles. The average Bonchev–Trinajstić information content (AvgIpc) is 3.02. The van der Waals surface area contributed by atoms with Crippen molar-refractivity contribution in [3.05, 3.63) is 53.7 Å². The number of nitrogens with one attached hydrogen (secondary N) is 1. The van der Waals surface area contributed by atoms with E-state index in [9.17, 15) is 0 Å². The van der Waals surface area contributed by atoms with Crippen molar-refractivity contribution in [2.24, 2.45) is 0 Å². The van der Waals surface area contributed by atoms with Gasteiger partial charge in [0.25, 0.3) is 0 Å². The van der Waals surface area contributed by atoms with Crippen LogP contribution in [-0.4, -0.2) is 9.97 Å². The molecule has 0 bridgehead atoms. The summed E-state index contributed by atoms with van der Waals surface area (Å²) in [5, 5.41) is 1.13. The first-order valence-electron chi connectivity index (χ1n) is 6.66. The number of aromatic amines is 1. The van der Waals surface area contributed by atoms with Crippen LogP contribution in [0, 0.1) is 13.8 Å². The Morgan fingerprint density at radius 1 is 1.05 bits per heavy atom. The standard InChI is InChI=1S/C17H14N2O/c1-10-7-15-16(8-11(10)2)20-17(19-15)13-9-18-14-6-4-3-5-12(13)14/h3-9,18H,1-2H3. The molecule has 0 saturated heterocycles. The first-order valence-corrected chi connectivity index (χ1v) is 6.66. The molecule has 0 aliphatic carbocycles. The molecule has 2 heterocycles. The number of benzene rings is 2. The minimum absolute atomic E-state index is 0.669. The van der Waals surface area contributed by atoms with Gasteiger partial charge in [0.2, 0.25) is 5.89 Å². The molecule has 0 amide bonds. The average molecular weight is 262 g/mol. The van der Waals surface area contributed by atoms with Gasteiger partial charge in [0.1, 0.15) is 5.52 Å². The van der Waals surface area contributed by atoms with Crippen LogP contribution in [0.15, 0.2) is 47.0 Å². The van der Waals surface area contributed by atoms with E-state index in [1.165, 1.54) is 11.1 Å². The van der Waals surface area contributed by atoms with Crippen LogP contribution < -0.4 is 0 Å². The number of oxazole rings is 1. The predicted molar refractivity (Wildman–Crippen MR) is 80.8 cm³/mol. The van der Waals surface area contributed by atoms with Crippen molar-refractivity contribution in [2.75, 3.05) is 0 Å². The Morgan fingerprint density at radius 2 is 1.85 bits per heavy atom. The molecular formula is C17H14N2O. The second-order valence-electron chi connectivity index (χ2n) is 5.17. The Hall–Kier alpha value is -2.55. The van der Waals surface area contributed by atoms with Crippen LogP contribution in [0.4, 0.5) is 0 Å². The highest BCUT2D eigenvalue weighted by atomic mass is 16.3. The third kappa shape index (κ3) is 1.56. The molecule has 1 N–H and O–H groups in total. The molecule has 0 radical (unpaired) electrons. The highest BCUT2D eigenvalue weighted by Gasteiger charge is 2.13. The van der Waals surface area contributed by atoms with Crippen LogP contribution in [0.25, 0.3) is 33.5 Å². The lowest BCUT2D eigenvalue weighted by molar-refractivity contribution is 0.620. The van der Waals surface area contributed by atoms with Crippen LogP contribution in [0.1, 0.15) is 11.1 Å². The summed E-state index contributed by atoms with van der Waals surface area (Å²) in [5.41, 5.74) is 6.31. The van der Waals surface area contributed by atoms with E-state index in [2.05, 4.69) is 48.1 Å². The summed E-state index contributed by atoms with van der Waals surface area (Å²) in [6.07, 6.45) is 1.95. The van der Waals surface area contributed by atoms with Gasteiger partial charge in [-0.1, -0.05) is 18.2 Å². The number of aromatic nitrogens is 2. The fraction of sp³-hybridized carbons (Fsp3) is 0.118. The maximum atomic E-state index is 5.93. The molecular weight excluding hydrogens is 248 g/mol. The van der Waals surface area contributed by atoms with Gasteiger partial charge in [-0.05, 0) is 43.2 Å². The molecule has 0 atom stereocenters. The van der Waals surface area contributed by atoms with Gasteiger partial charge >= 0.3 is 0 Å². The molecule has 0 aliphatic rings. The normalized spacial score (nSPS) is 11.5. The van der Waals surface area contributed by atoms with Crippen molar-refractivity contribution >= 4 is 22.0 Å². The van der Waals surface area contributed by atoms with Gasteiger partial charge in [-0.3, -0.25) is 0 Å². The number of nitrogens with zero attached hydrogens (tertiary/aromatic N) is 1. The Bertz CT molecular complexity index is 892. The van der Waals surface area contributed by atoms with Crippen LogP contribution >= 0.6 is 0 Å². The largest absolute Gasteiger partial charge is 0.436 e. The van der Waals surface area contributed by atoms with Gasteiger partial charge < -0.3 is 9.40 Å². The van der Waals surface area contributed by atoms with Crippen molar-refractivity contribution < 1.29 is 4.42 Å². The van der Waals surface area contributed by atoms with Crippen LogP contribution in [0.3, 0.4) is 0 Å². The highest BCUT2D eigenvalue weighted by molar-refractivity contribution is 5.94. The fourth-order valence-corrected chi connectivity index (χ4v) is 2.54. The minimum atomic E-state index is 0.669. The van der Waals surface area contributed by atoms with Crippen LogP contribution in [-0.2, 0) is 0 Å². The Labute approximate surface area is 116 Å². The van der Waals surface area contributed by atoms with Gasteiger partial charge in [0.05, 0.1) is 5.56 Å². The maximum Gasteiger partial charge on any atom is 0.229 e. The van der Waals surface area contributed by atoms with Crippen LogP contribution in [0.5, 0.6) is 0 Å². The molecule has 4 rings (SSSR count). The third-order valence-electron chi connectivity index (χ3n) is 3.82. The van der Waals surface area contributed by atoms with E-state index in [0.29, 0.717) is 5.89 Å². The van der Waals surface area contributed by atoms with E-state index >= 15 is 0 Å². The molecule has 4 aromatic rings. The summed E-state index contributed by atoms with van der Waals surface area (Å²) >= 11 is 0. The highest BCUT2D eigenvalue weighted by Crippen LogP contribution is 2.31. The third-order valence-corrected chi connectivity index (χ3v) is 3.82. The molecule has 2 aromatic heterocycles. The molecule has 3 nitrogen and oxygen atoms in total. The van der Waals surface area contributed by atoms with E-state index in [4.69, 9.17) is 4.42 Å². The lowest BCUT2D eigenvalue weighted by Gasteiger charge is -1.96. The second-order valence-corrected chi connectivity index (χ2v) is 5.17. The van der Waals surface area contributed by atoms with Crippen molar-refractivity contribution in [2.45, 2.75) is 13.8 Å². The summed E-state index contributed by atoms with van der Waals surface area (Å²) in [7, 11) is 0. The summed E-state index contributed by atoms with van der Waals surface area (Å²) in [5.74, 6) is 0.669. The number of hydrogen-bond acceptors (Lipinski definition) is 2. The zero-order chi connectivity index (χ0) is 13.7. The van der Waals surface area contributed by atoms with Gasteiger partial charge in [0, 0.05) is 17.1 Å². The Morgan fingerprint density at radius 3 is 2.75 bits per heavy atom. The number of H-pyrrole nitrogens is 1. The predicted octanol–water partition coefficient (Wildman–Crippen LogP) is 4.59. The number of para-hydroxylation sites is 1. The maximum absolute atomic E-state index is 5.93. The first-order chi connectivity index (χ1) is 9.72. The first kappa shape index (κ1) is 11.3. The van der Waals surface area contributed by atoms with Crippen LogP contribution in [0.2, 0.25) is 0 Å². The summed E-state index contributed by atoms with van der Waals surface area (Å²) < 4.78 is 5.93. The summed E-state index contributed by atoms with van der Waals surface area (Å²) in [6, 6.07) is 12.3. The smallest absolute Gasteiger partial charge is 0.229 e. The Kier molecular flexibility index (Phi) is 2.24. The summed E-state index contributed by atoms with van der Waals surface area (Å²) in [6.45, 7) is 4.18. The van der Waals surface area contributed by atoms with Gasteiger partial charge in [-0.2, -0.15) is 0 Å². The molecule has 3 heteroatoms. The minimum Gasteiger partial charge on any atom is -0.436 e. The van der Waals surface area contributed by atoms with E-state index in [1.807, 2.05) is 18.3 Å². The van der Waals surface area contributed by atoms with Crippen molar-refractivity contribution in [3.8, 4) is 11.5 Å². The van der Waals surface area contributed by atoms with E-state index in [-0.39, 0.29) is 0 Å². The lowest BCUT2D eigenvalue weighted by Crippen LogP contribution is -1.79. The van der Waals surface area contributed by atoms with Gasteiger partial charge in [0.15, 0.2) is 5.58 Å². The lowest BCUT2D eigenvalue weighted by atomic mass is 10.1. The number of fused-ring (bicyclic) bond motifs is 2. The number of hydrogen-bond donors (Lipinski definition) is 1. The molecule has 20 heavy (non-hydrogen) atoms. The molecule has 0 aliphatic heterocycles. The van der Waals surface area contributed by atoms with E-state index in [0.717, 1.165) is 27.6 Å². The van der Waals surface area contributed by atoms with E-state index in [1.54, 1.807) is 0 Å². The number of rotatable bonds is 1. The van der Waals surface area contributed by atoms with Crippen molar-refractivity contribution in [1.29, 1.82) is 0 Å². The second kappa shape index (κ2) is 3.97.